The standard InChI is InChI=1S/C20H20N2O3/c1-12-4-5-13(8-15(12)10-21)14-6-7-16-17(9-14)24-11-20(2,3)18(16)25-19(22)23/h4-9,18H,11H2,1-3H3,(H2,22,23). The lowest BCUT2D eigenvalue weighted by atomic mass is 9.80. The molecule has 1 aliphatic rings. The van der Waals surface area contributed by atoms with Crippen molar-refractivity contribution < 1.29 is 14.3 Å². The van der Waals surface area contributed by atoms with Crippen molar-refractivity contribution in [2.24, 2.45) is 11.1 Å². The lowest BCUT2D eigenvalue weighted by Gasteiger charge is -2.38. The lowest BCUT2D eigenvalue weighted by Crippen LogP contribution is -2.37. The predicted molar refractivity (Wildman–Crippen MR) is 94.0 cm³/mol. The Hall–Kier alpha value is -3.00. The smallest absolute Gasteiger partial charge is 0.405 e. The van der Waals surface area contributed by atoms with Gasteiger partial charge in [0.1, 0.15) is 11.9 Å². The molecule has 0 spiro atoms. The highest BCUT2D eigenvalue weighted by atomic mass is 16.6. The summed E-state index contributed by atoms with van der Waals surface area (Å²) < 4.78 is 11.2. The van der Waals surface area contributed by atoms with Gasteiger partial charge in [-0.1, -0.05) is 38.1 Å². The number of aryl methyl sites for hydroxylation is 1. The van der Waals surface area contributed by atoms with Gasteiger partial charge in [-0.25, -0.2) is 4.79 Å². The van der Waals surface area contributed by atoms with E-state index >= 15 is 0 Å². The molecule has 1 heterocycles. The van der Waals surface area contributed by atoms with Crippen molar-refractivity contribution in [1.82, 2.24) is 0 Å². The van der Waals surface area contributed by atoms with Gasteiger partial charge in [-0.3, -0.25) is 0 Å². The van der Waals surface area contributed by atoms with Gasteiger partial charge < -0.3 is 15.2 Å². The first kappa shape index (κ1) is 16.8. The molecular formula is C20H20N2O3. The van der Waals surface area contributed by atoms with Gasteiger partial charge in [0.25, 0.3) is 0 Å². The normalized spacial score (nSPS) is 17.8. The molecule has 0 saturated carbocycles. The topological polar surface area (TPSA) is 85.3 Å². The number of rotatable bonds is 2. The molecule has 128 valence electrons. The summed E-state index contributed by atoms with van der Waals surface area (Å²) in [6.07, 6.45) is -1.26. The van der Waals surface area contributed by atoms with E-state index < -0.39 is 12.2 Å². The van der Waals surface area contributed by atoms with Crippen LogP contribution in [0.4, 0.5) is 4.79 Å². The van der Waals surface area contributed by atoms with E-state index in [9.17, 15) is 10.1 Å². The van der Waals surface area contributed by atoms with Gasteiger partial charge in [-0.05, 0) is 35.7 Å². The van der Waals surface area contributed by atoms with E-state index in [0.717, 1.165) is 22.3 Å². The second-order valence-corrected chi connectivity index (χ2v) is 6.99. The number of hydrogen-bond acceptors (Lipinski definition) is 4. The van der Waals surface area contributed by atoms with Crippen LogP contribution in [0.15, 0.2) is 36.4 Å². The largest absolute Gasteiger partial charge is 0.492 e. The summed E-state index contributed by atoms with van der Waals surface area (Å²) in [6, 6.07) is 13.7. The molecule has 1 unspecified atom stereocenters. The second kappa shape index (κ2) is 6.14. The van der Waals surface area contributed by atoms with Gasteiger partial charge in [0, 0.05) is 11.0 Å². The number of nitrogens with two attached hydrogens (primary N) is 1. The molecule has 2 aromatic rings. The monoisotopic (exact) mass is 336 g/mol. The fraction of sp³-hybridized carbons (Fsp3) is 0.300. The quantitative estimate of drug-likeness (QED) is 0.895. The minimum atomic E-state index is -0.799. The Morgan fingerprint density at radius 1 is 1.28 bits per heavy atom. The number of carbonyl (C=O) groups is 1. The summed E-state index contributed by atoms with van der Waals surface area (Å²) in [4.78, 5) is 11.3. The molecule has 0 bridgehead atoms. The van der Waals surface area contributed by atoms with Crippen molar-refractivity contribution in [3.8, 4) is 22.9 Å². The van der Waals surface area contributed by atoms with Crippen molar-refractivity contribution in [2.45, 2.75) is 26.9 Å². The SMILES string of the molecule is Cc1ccc(-c2ccc3c(c2)OCC(C)(C)C3OC(N)=O)cc1C#N. The van der Waals surface area contributed by atoms with Crippen LogP contribution >= 0.6 is 0 Å². The summed E-state index contributed by atoms with van der Waals surface area (Å²) in [5.41, 5.74) is 9.12. The number of amides is 1. The number of benzene rings is 2. The third kappa shape index (κ3) is 3.16. The fourth-order valence-electron chi connectivity index (χ4n) is 3.08. The van der Waals surface area contributed by atoms with Crippen molar-refractivity contribution in [3.05, 3.63) is 53.1 Å². The molecule has 5 heteroatoms. The van der Waals surface area contributed by atoms with E-state index in [-0.39, 0.29) is 5.41 Å². The zero-order valence-corrected chi connectivity index (χ0v) is 14.5. The van der Waals surface area contributed by atoms with Crippen molar-refractivity contribution in [1.29, 1.82) is 5.26 Å². The van der Waals surface area contributed by atoms with Crippen LogP contribution in [0.5, 0.6) is 5.75 Å². The number of ether oxygens (including phenoxy) is 2. The highest BCUT2D eigenvalue weighted by Gasteiger charge is 2.40. The van der Waals surface area contributed by atoms with Crippen LogP contribution in [0, 0.1) is 23.7 Å². The lowest BCUT2D eigenvalue weighted by molar-refractivity contribution is -0.0176. The third-order valence-corrected chi connectivity index (χ3v) is 4.53. The Balaban J connectivity index is 2.03. The van der Waals surface area contributed by atoms with Gasteiger partial charge in [0.15, 0.2) is 0 Å². The number of nitriles is 1. The molecule has 0 aliphatic carbocycles. The highest BCUT2D eigenvalue weighted by Crippen LogP contribution is 2.46. The molecule has 0 radical (unpaired) electrons. The number of nitrogens with zero attached hydrogens (tertiary/aromatic N) is 1. The maximum absolute atomic E-state index is 11.3. The molecule has 25 heavy (non-hydrogen) atoms. The van der Waals surface area contributed by atoms with E-state index in [1.807, 2.05) is 57.2 Å². The Kier molecular flexibility index (Phi) is 4.13. The molecule has 2 N–H and O–H groups in total. The Bertz CT molecular complexity index is 881. The minimum absolute atomic E-state index is 0.374. The van der Waals surface area contributed by atoms with Crippen molar-refractivity contribution in [3.63, 3.8) is 0 Å². The molecule has 1 atom stereocenters. The van der Waals surface area contributed by atoms with E-state index in [0.29, 0.717) is 17.9 Å². The summed E-state index contributed by atoms with van der Waals surface area (Å²) >= 11 is 0. The van der Waals surface area contributed by atoms with Crippen LogP contribution in [0.1, 0.15) is 36.6 Å². The first-order valence-corrected chi connectivity index (χ1v) is 8.06. The maximum atomic E-state index is 11.3. The van der Waals surface area contributed by atoms with Crippen molar-refractivity contribution in [2.75, 3.05) is 6.61 Å². The molecule has 3 rings (SSSR count). The summed E-state index contributed by atoms with van der Waals surface area (Å²) in [6.45, 7) is 6.26. The first-order chi connectivity index (χ1) is 11.8. The van der Waals surface area contributed by atoms with E-state index in [1.54, 1.807) is 0 Å². The Labute approximate surface area is 147 Å². The van der Waals surface area contributed by atoms with E-state index in [2.05, 4.69) is 6.07 Å². The summed E-state index contributed by atoms with van der Waals surface area (Å²) in [5.74, 6) is 0.669. The molecule has 1 amide bonds. The molecular weight excluding hydrogens is 316 g/mol. The zero-order chi connectivity index (χ0) is 18.2. The van der Waals surface area contributed by atoms with Gasteiger partial charge >= 0.3 is 6.09 Å². The van der Waals surface area contributed by atoms with Gasteiger partial charge in [-0.2, -0.15) is 5.26 Å². The molecule has 1 aliphatic heterocycles. The van der Waals surface area contributed by atoms with Crippen LogP contribution in [0.3, 0.4) is 0 Å². The fourth-order valence-corrected chi connectivity index (χ4v) is 3.08. The maximum Gasteiger partial charge on any atom is 0.405 e. The number of hydrogen-bond donors (Lipinski definition) is 1. The Morgan fingerprint density at radius 3 is 2.64 bits per heavy atom. The van der Waals surface area contributed by atoms with Gasteiger partial charge in [0.05, 0.1) is 18.2 Å². The van der Waals surface area contributed by atoms with Crippen molar-refractivity contribution >= 4 is 6.09 Å². The van der Waals surface area contributed by atoms with Crippen LogP contribution in [-0.2, 0) is 4.74 Å². The second-order valence-electron chi connectivity index (χ2n) is 6.99. The third-order valence-electron chi connectivity index (χ3n) is 4.53. The molecule has 0 aromatic heterocycles. The van der Waals surface area contributed by atoms with E-state index in [1.165, 1.54) is 0 Å². The van der Waals surface area contributed by atoms with Gasteiger partial charge in [0.2, 0.25) is 0 Å². The predicted octanol–water partition coefficient (Wildman–Crippen LogP) is 4.09. The Morgan fingerprint density at radius 2 is 1.96 bits per heavy atom. The van der Waals surface area contributed by atoms with Crippen LogP contribution in [-0.4, -0.2) is 12.7 Å². The summed E-state index contributed by atoms with van der Waals surface area (Å²) in [7, 11) is 0. The molecule has 0 fully saturated rings. The van der Waals surface area contributed by atoms with Crippen LogP contribution in [0.2, 0.25) is 0 Å². The number of primary amides is 1. The van der Waals surface area contributed by atoms with E-state index in [4.69, 9.17) is 15.2 Å². The highest BCUT2D eigenvalue weighted by molar-refractivity contribution is 5.69. The van der Waals surface area contributed by atoms with Crippen LogP contribution in [0.25, 0.3) is 11.1 Å². The number of carbonyl (C=O) groups excluding carboxylic acids is 1. The molecule has 2 aromatic carbocycles. The summed E-state index contributed by atoms with van der Waals surface area (Å²) in [5, 5.41) is 9.22. The molecule has 0 saturated heterocycles. The average Bonchev–Trinajstić information content (AvgIpc) is 2.57. The van der Waals surface area contributed by atoms with Gasteiger partial charge in [-0.15, -0.1) is 0 Å². The molecule has 5 nitrogen and oxygen atoms in total. The number of fused-ring (bicyclic) bond motifs is 1. The first-order valence-electron chi connectivity index (χ1n) is 8.06. The average molecular weight is 336 g/mol. The van der Waals surface area contributed by atoms with Crippen LogP contribution < -0.4 is 10.5 Å². The zero-order valence-electron chi connectivity index (χ0n) is 14.5. The minimum Gasteiger partial charge on any atom is -0.492 e.